The zero-order valence-corrected chi connectivity index (χ0v) is 17.1. The van der Waals surface area contributed by atoms with Gasteiger partial charge in [0.1, 0.15) is 6.61 Å². The largest absolute Gasteiger partial charge is 0.445 e. The summed E-state index contributed by atoms with van der Waals surface area (Å²) in [6.45, 7) is 5.43. The Labute approximate surface area is 172 Å². The van der Waals surface area contributed by atoms with Crippen LogP contribution in [0.1, 0.15) is 41.5 Å². The van der Waals surface area contributed by atoms with Crippen LogP contribution in [0.5, 0.6) is 0 Å². The molecule has 5 heteroatoms. The topological polar surface area (TPSA) is 36.0 Å². The molecule has 2 aromatic carbocycles. The lowest BCUT2D eigenvalue weighted by molar-refractivity contribution is 0.0694. The number of fused-ring (bicyclic) bond motifs is 5. The minimum Gasteiger partial charge on any atom is -0.445 e. The molecule has 2 aliphatic heterocycles. The second kappa shape index (κ2) is 7.71. The van der Waals surface area contributed by atoms with Crippen LogP contribution in [-0.2, 0) is 11.3 Å². The second-order valence-corrected chi connectivity index (χ2v) is 8.57. The Hall–Kier alpha value is -2.53. The van der Waals surface area contributed by atoms with Gasteiger partial charge in [-0.25, -0.2) is 4.79 Å². The first kappa shape index (κ1) is 18.5. The van der Waals surface area contributed by atoms with Gasteiger partial charge in [-0.3, -0.25) is 0 Å². The van der Waals surface area contributed by atoms with Gasteiger partial charge in [0.05, 0.1) is 6.04 Å². The molecule has 5 rings (SSSR count). The van der Waals surface area contributed by atoms with E-state index >= 15 is 0 Å². The third kappa shape index (κ3) is 3.60. The summed E-state index contributed by atoms with van der Waals surface area (Å²) in [4.78, 5) is 19.7. The Balaban J connectivity index is 1.32. The maximum absolute atomic E-state index is 12.9. The van der Waals surface area contributed by atoms with Crippen molar-refractivity contribution >= 4 is 11.8 Å². The average molecular weight is 392 g/mol. The number of hydrogen-bond donors (Lipinski definition) is 0. The van der Waals surface area contributed by atoms with E-state index in [0.29, 0.717) is 12.5 Å². The number of likely N-dealkylation sites (tertiary alicyclic amines) is 1. The predicted molar refractivity (Wildman–Crippen MR) is 114 cm³/mol. The van der Waals surface area contributed by atoms with Crippen molar-refractivity contribution in [3.05, 3.63) is 65.2 Å². The molecule has 1 aliphatic carbocycles. The summed E-state index contributed by atoms with van der Waals surface area (Å²) in [5.41, 5.74) is 5.09. The standard InChI is InChI=1S/C24H29N3O2/c1-25-11-13-26(14-12-25)20-7-8-21-19-9-10-27(23(15-19)22(21)16-20)24(28)29-17-18-5-3-2-4-6-18/h2-8,16,19,23H,9-15,17H2,1H3/t19-,23+/m0/s1. The highest BCUT2D eigenvalue weighted by Crippen LogP contribution is 2.50. The molecule has 2 atom stereocenters. The molecular formula is C24H29N3O2. The first-order valence-corrected chi connectivity index (χ1v) is 10.7. The van der Waals surface area contributed by atoms with E-state index in [9.17, 15) is 4.79 Å². The van der Waals surface area contributed by atoms with E-state index in [4.69, 9.17) is 4.74 Å². The molecule has 0 saturated carbocycles. The van der Waals surface area contributed by atoms with Crippen LogP contribution < -0.4 is 4.90 Å². The fourth-order valence-corrected chi connectivity index (χ4v) is 5.05. The van der Waals surface area contributed by atoms with Crippen molar-refractivity contribution in [3.63, 3.8) is 0 Å². The van der Waals surface area contributed by atoms with E-state index in [1.54, 1.807) is 0 Å². The Kier molecular flexibility index (Phi) is 4.92. The number of benzene rings is 2. The summed E-state index contributed by atoms with van der Waals surface area (Å²) in [6, 6.07) is 17.0. The number of likely N-dealkylation sites (N-methyl/N-ethyl adjacent to an activating group) is 1. The summed E-state index contributed by atoms with van der Waals surface area (Å²) < 4.78 is 5.66. The minimum absolute atomic E-state index is 0.152. The van der Waals surface area contributed by atoms with Crippen LogP contribution in [0.2, 0.25) is 0 Å². The molecule has 29 heavy (non-hydrogen) atoms. The van der Waals surface area contributed by atoms with Gasteiger partial charge >= 0.3 is 6.09 Å². The van der Waals surface area contributed by atoms with Crippen LogP contribution in [0, 0.1) is 0 Å². The summed E-state index contributed by atoms with van der Waals surface area (Å²) in [5, 5.41) is 0. The molecule has 2 bridgehead atoms. The molecule has 3 aliphatic rings. The highest BCUT2D eigenvalue weighted by Gasteiger charge is 2.41. The van der Waals surface area contributed by atoms with Crippen LogP contribution in [0.15, 0.2) is 48.5 Å². The highest BCUT2D eigenvalue weighted by atomic mass is 16.6. The summed E-state index contributed by atoms with van der Waals surface area (Å²) in [6.07, 6.45) is 1.87. The molecule has 0 spiro atoms. The first-order valence-electron chi connectivity index (χ1n) is 10.7. The van der Waals surface area contributed by atoms with E-state index < -0.39 is 0 Å². The first-order chi connectivity index (χ1) is 14.2. The van der Waals surface area contributed by atoms with Crippen molar-refractivity contribution in [1.29, 1.82) is 0 Å². The summed E-state index contributed by atoms with van der Waals surface area (Å²) in [5.74, 6) is 0.578. The van der Waals surface area contributed by atoms with Crippen LogP contribution in [0.25, 0.3) is 0 Å². The van der Waals surface area contributed by atoms with Gasteiger partial charge in [-0.15, -0.1) is 0 Å². The van der Waals surface area contributed by atoms with Gasteiger partial charge in [-0.2, -0.15) is 0 Å². The number of nitrogens with zero attached hydrogens (tertiary/aromatic N) is 3. The van der Waals surface area contributed by atoms with Crippen molar-refractivity contribution in [2.75, 3.05) is 44.7 Å². The third-order valence-electron chi connectivity index (χ3n) is 6.78. The Morgan fingerprint density at radius 1 is 1.00 bits per heavy atom. The maximum atomic E-state index is 12.9. The molecule has 0 N–H and O–H groups in total. The van der Waals surface area contributed by atoms with Gasteiger partial charge in [0.15, 0.2) is 0 Å². The number of anilines is 1. The molecule has 1 amide bonds. The fraction of sp³-hybridized carbons (Fsp3) is 0.458. The number of piperazine rings is 1. The fourth-order valence-electron chi connectivity index (χ4n) is 5.05. The lowest BCUT2D eigenvalue weighted by Crippen LogP contribution is -2.44. The molecule has 2 heterocycles. The molecule has 2 saturated heterocycles. The Bertz CT molecular complexity index is 877. The SMILES string of the molecule is CN1CCN(c2ccc3c(c2)[C@H]2C[C@@H]3CCN2C(=O)OCc2ccccc2)CC1. The maximum Gasteiger partial charge on any atom is 0.410 e. The molecule has 0 aromatic heterocycles. The zero-order chi connectivity index (χ0) is 19.8. The number of amides is 1. The predicted octanol–water partition coefficient (Wildman–Crippen LogP) is 4.01. The van der Waals surface area contributed by atoms with Crippen molar-refractivity contribution in [2.45, 2.75) is 31.4 Å². The van der Waals surface area contributed by atoms with Crippen molar-refractivity contribution < 1.29 is 9.53 Å². The van der Waals surface area contributed by atoms with Gasteiger partial charge in [0.25, 0.3) is 0 Å². The molecular weight excluding hydrogens is 362 g/mol. The quantitative estimate of drug-likeness (QED) is 0.792. The smallest absolute Gasteiger partial charge is 0.410 e. The molecule has 152 valence electrons. The minimum atomic E-state index is -0.185. The van der Waals surface area contributed by atoms with Crippen LogP contribution in [0.4, 0.5) is 10.5 Å². The molecule has 2 fully saturated rings. The zero-order valence-electron chi connectivity index (χ0n) is 17.1. The number of hydrogen-bond acceptors (Lipinski definition) is 4. The molecule has 2 aromatic rings. The third-order valence-corrected chi connectivity index (χ3v) is 6.78. The lowest BCUT2D eigenvalue weighted by Gasteiger charge is -2.35. The van der Waals surface area contributed by atoms with Crippen molar-refractivity contribution in [3.8, 4) is 0 Å². The van der Waals surface area contributed by atoms with Gasteiger partial charge < -0.3 is 19.4 Å². The number of ether oxygens (including phenoxy) is 1. The van der Waals surface area contributed by atoms with E-state index in [-0.39, 0.29) is 12.1 Å². The van der Waals surface area contributed by atoms with Crippen LogP contribution in [-0.4, -0.2) is 55.7 Å². The second-order valence-electron chi connectivity index (χ2n) is 8.57. The van der Waals surface area contributed by atoms with E-state index in [2.05, 4.69) is 35.0 Å². The van der Waals surface area contributed by atoms with E-state index in [1.165, 1.54) is 16.8 Å². The lowest BCUT2D eigenvalue weighted by atomic mass is 9.96. The van der Waals surface area contributed by atoms with E-state index in [0.717, 1.165) is 51.1 Å². The van der Waals surface area contributed by atoms with Gasteiger partial charge in [-0.1, -0.05) is 36.4 Å². The number of carbonyl (C=O) groups is 1. The average Bonchev–Trinajstić information content (AvgIpc) is 3.05. The molecule has 0 unspecified atom stereocenters. The number of rotatable bonds is 3. The number of carbonyl (C=O) groups excluding carboxylic acids is 1. The highest BCUT2D eigenvalue weighted by molar-refractivity contribution is 5.70. The number of piperidine rings is 1. The van der Waals surface area contributed by atoms with Crippen molar-refractivity contribution in [1.82, 2.24) is 9.80 Å². The summed E-state index contributed by atoms with van der Waals surface area (Å²) >= 11 is 0. The van der Waals surface area contributed by atoms with Gasteiger partial charge in [-0.05, 0) is 54.6 Å². The monoisotopic (exact) mass is 391 g/mol. The normalized spacial score (nSPS) is 23.8. The van der Waals surface area contributed by atoms with Crippen LogP contribution in [0.3, 0.4) is 0 Å². The van der Waals surface area contributed by atoms with Crippen LogP contribution >= 0.6 is 0 Å². The molecule has 0 radical (unpaired) electrons. The van der Waals surface area contributed by atoms with Gasteiger partial charge in [0.2, 0.25) is 0 Å². The summed E-state index contributed by atoms with van der Waals surface area (Å²) in [7, 11) is 2.18. The Morgan fingerprint density at radius 3 is 2.59 bits per heavy atom. The molecule has 5 nitrogen and oxygen atoms in total. The van der Waals surface area contributed by atoms with Gasteiger partial charge in [0, 0.05) is 38.4 Å². The van der Waals surface area contributed by atoms with E-state index in [1.807, 2.05) is 35.2 Å². The van der Waals surface area contributed by atoms with Crippen molar-refractivity contribution in [2.24, 2.45) is 0 Å². The Morgan fingerprint density at radius 2 is 1.79 bits per heavy atom.